The van der Waals surface area contributed by atoms with E-state index in [0.29, 0.717) is 6.54 Å². The van der Waals surface area contributed by atoms with Crippen molar-refractivity contribution in [3.63, 3.8) is 0 Å². The number of carbonyl (C=O) groups excluding carboxylic acids is 1. The number of aromatic nitrogens is 1. The highest BCUT2D eigenvalue weighted by atomic mass is 16.3. The lowest BCUT2D eigenvalue weighted by Crippen LogP contribution is -2.37. The molecule has 0 aliphatic rings. The maximum atomic E-state index is 10.7. The fourth-order valence-corrected chi connectivity index (χ4v) is 1.88. The molecule has 5 heteroatoms. The summed E-state index contributed by atoms with van der Waals surface area (Å²) >= 11 is 0. The van der Waals surface area contributed by atoms with Gasteiger partial charge in [-0.2, -0.15) is 0 Å². The predicted octanol–water partition coefficient (Wildman–Crippen LogP) is 1.18. The zero-order chi connectivity index (χ0) is 13.2. The minimum Gasteiger partial charge on any atom is -0.443 e. The van der Waals surface area contributed by atoms with Crippen molar-refractivity contribution in [3.05, 3.63) is 30.2 Å². The normalized spacial score (nSPS) is 11.9. The van der Waals surface area contributed by atoms with Crippen molar-refractivity contribution in [2.45, 2.75) is 19.3 Å². The van der Waals surface area contributed by atoms with Gasteiger partial charge in [-0.25, -0.2) is 4.98 Å². The van der Waals surface area contributed by atoms with Gasteiger partial charge in [0.1, 0.15) is 5.52 Å². The number of nitrogens with zero attached hydrogens (tertiary/aromatic N) is 1. The van der Waals surface area contributed by atoms with Crippen LogP contribution >= 0.6 is 0 Å². The Morgan fingerprint density at radius 2 is 2.28 bits per heavy atom. The molecule has 0 unspecified atom stereocenters. The highest BCUT2D eigenvalue weighted by molar-refractivity contribution is 5.76. The summed E-state index contributed by atoms with van der Waals surface area (Å²) in [7, 11) is 0. The molecular formula is C13H17N3O2. The molecule has 0 spiro atoms. The van der Waals surface area contributed by atoms with Crippen LogP contribution in [0.25, 0.3) is 11.1 Å². The number of nitrogens with two attached hydrogens (primary N) is 1. The van der Waals surface area contributed by atoms with E-state index in [1.165, 1.54) is 6.39 Å². The van der Waals surface area contributed by atoms with Crippen LogP contribution in [0.15, 0.2) is 29.0 Å². The van der Waals surface area contributed by atoms with Gasteiger partial charge in [-0.3, -0.25) is 4.79 Å². The Morgan fingerprint density at radius 3 is 3.00 bits per heavy atom. The third kappa shape index (κ3) is 2.68. The van der Waals surface area contributed by atoms with Gasteiger partial charge in [0, 0.05) is 12.0 Å². The third-order valence-electron chi connectivity index (χ3n) is 2.98. The molecule has 5 nitrogen and oxygen atoms in total. The minimum absolute atomic E-state index is 0.115. The Kier molecular flexibility index (Phi) is 3.34. The SMILES string of the molecule is CC(C)(CNCC(N)=O)c1ccc2ncoc2c1. The number of fused-ring (bicyclic) bond motifs is 1. The molecule has 2 aromatic rings. The van der Waals surface area contributed by atoms with E-state index in [0.717, 1.165) is 16.7 Å². The zero-order valence-corrected chi connectivity index (χ0v) is 10.6. The van der Waals surface area contributed by atoms with Gasteiger partial charge in [-0.15, -0.1) is 0 Å². The number of oxazole rings is 1. The van der Waals surface area contributed by atoms with Gasteiger partial charge in [0.2, 0.25) is 5.91 Å². The summed E-state index contributed by atoms with van der Waals surface area (Å²) in [5, 5.41) is 3.04. The van der Waals surface area contributed by atoms with E-state index in [2.05, 4.69) is 24.1 Å². The molecule has 0 saturated carbocycles. The molecule has 0 fully saturated rings. The lowest BCUT2D eigenvalue weighted by Gasteiger charge is -2.25. The summed E-state index contributed by atoms with van der Waals surface area (Å²) in [6.07, 6.45) is 1.44. The molecule has 0 aliphatic carbocycles. The highest BCUT2D eigenvalue weighted by Gasteiger charge is 2.21. The molecule has 0 bridgehead atoms. The fraction of sp³-hybridized carbons (Fsp3) is 0.385. The first-order valence-electron chi connectivity index (χ1n) is 5.82. The molecule has 3 N–H and O–H groups in total. The summed E-state index contributed by atoms with van der Waals surface area (Å²) in [5.41, 5.74) is 7.73. The van der Waals surface area contributed by atoms with Gasteiger partial charge in [-0.05, 0) is 17.7 Å². The second-order valence-corrected chi connectivity index (χ2v) is 4.99. The van der Waals surface area contributed by atoms with E-state index in [1.807, 2.05) is 18.2 Å². The Labute approximate surface area is 105 Å². The smallest absolute Gasteiger partial charge is 0.231 e. The van der Waals surface area contributed by atoms with Crippen molar-refractivity contribution in [3.8, 4) is 0 Å². The largest absolute Gasteiger partial charge is 0.443 e. The number of hydrogen-bond acceptors (Lipinski definition) is 4. The van der Waals surface area contributed by atoms with Crippen LogP contribution in [0, 0.1) is 0 Å². The zero-order valence-electron chi connectivity index (χ0n) is 10.6. The molecule has 0 radical (unpaired) electrons. The number of nitrogens with one attached hydrogen (secondary N) is 1. The number of primary amides is 1. The first kappa shape index (κ1) is 12.6. The molecule has 0 atom stereocenters. The molecule has 2 rings (SSSR count). The van der Waals surface area contributed by atoms with Crippen LogP contribution in [0.4, 0.5) is 0 Å². The van der Waals surface area contributed by atoms with E-state index in [4.69, 9.17) is 10.2 Å². The summed E-state index contributed by atoms with van der Waals surface area (Å²) in [4.78, 5) is 14.8. The second kappa shape index (κ2) is 4.78. The van der Waals surface area contributed by atoms with Gasteiger partial charge in [0.05, 0.1) is 6.54 Å². The summed E-state index contributed by atoms with van der Waals surface area (Å²) in [6, 6.07) is 5.94. The molecule has 1 aromatic carbocycles. The Morgan fingerprint density at radius 1 is 1.50 bits per heavy atom. The van der Waals surface area contributed by atoms with Gasteiger partial charge in [-0.1, -0.05) is 19.9 Å². The number of benzene rings is 1. The van der Waals surface area contributed by atoms with Gasteiger partial charge < -0.3 is 15.5 Å². The van der Waals surface area contributed by atoms with Crippen molar-refractivity contribution in [2.75, 3.05) is 13.1 Å². The van der Waals surface area contributed by atoms with E-state index in [1.54, 1.807) is 0 Å². The standard InChI is InChI=1S/C13H17N3O2/c1-13(2,7-15-6-12(14)17)9-3-4-10-11(5-9)18-8-16-10/h3-5,8,15H,6-7H2,1-2H3,(H2,14,17). The average molecular weight is 247 g/mol. The maximum Gasteiger partial charge on any atom is 0.231 e. The van der Waals surface area contributed by atoms with Crippen LogP contribution < -0.4 is 11.1 Å². The molecule has 1 heterocycles. The van der Waals surface area contributed by atoms with Crippen LogP contribution in [0.3, 0.4) is 0 Å². The summed E-state index contributed by atoms with van der Waals surface area (Å²) < 4.78 is 5.29. The van der Waals surface area contributed by atoms with Crippen molar-refractivity contribution in [1.29, 1.82) is 0 Å². The van der Waals surface area contributed by atoms with Crippen LogP contribution in [0.2, 0.25) is 0 Å². The molecule has 96 valence electrons. The predicted molar refractivity (Wildman–Crippen MR) is 69.1 cm³/mol. The highest BCUT2D eigenvalue weighted by Crippen LogP contribution is 2.25. The monoisotopic (exact) mass is 247 g/mol. The van der Waals surface area contributed by atoms with E-state index >= 15 is 0 Å². The maximum absolute atomic E-state index is 10.7. The number of hydrogen-bond donors (Lipinski definition) is 2. The number of amides is 1. The van der Waals surface area contributed by atoms with Crippen molar-refractivity contribution >= 4 is 17.0 Å². The molecule has 18 heavy (non-hydrogen) atoms. The van der Waals surface area contributed by atoms with Crippen molar-refractivity contribution in [2.24, 2.45) is 5.73 Å². The quantitative estimate of drug-likeness (QED) is 0.831. The Bertz CT molecular complexity index is 560. The lowest BCUT2D eigenvalue weighted by atomic mass is 9.84. The van der Waals surface area contributed by atoms with Crippen LogP contribution in [0.1, 0.15) is 19.4 Å². The van der Waals surface area contributed by atoms with Gasteiger partial charge in [0.25, 0.3) is 0 Å². The second-order valence-electron chi connectivity index (χ2n) is 4.99. The van der Waals surface area contributed by atoms with Crippen molar-refractivity contribution in [1.82, 2.24) is 10.3 Å². The number of carbonyl (C=O) groups is 1. The summed E-state index contributed by atoms with van der Waals surface area (Å²) in [5.74, 6) is -0.350. The van der Waals surface area contributed by atoms with Gasteiger partial charge in [0.15, 0.2) is 12.0 Å². The topological polar surface area (TPSA) is 81.1 Å². The Balaban J connectivity index is 2.14. The number of rotatable bonds is 5. The van der Waals surface area contributed by atoms with Crippen molar-refractivity contribution < 1.29 is 9.21 Å². The van der Waals surface area contributed by atoms with Gasteiger partial charge >= 0.3 is 0 Å². The minimum atomic E-state index is -0.350. The van der Waals surface area contributed by atoms with Crippen LogP contribution in [-0.2, 0) is 10.2 Å². The molecule has 1 amide bonds. The first-order valence-corrected chi connectivity index (χ1v) is 5.82. The lowest BCUT2D eigenvalue weighted by molar-refractivity contribution is -0.117. The van der Waals surface area contributed by atoms with Crippen LogP contribution in [0.5, 0.6) is 0 Å². The first-order chi connectivity index (χ1) is 8.49. The van der Waals surface area contributed by atoms with Crippen LogP contribution in [-0.4, -0.2) is 24.0 Å². The fourth-order valence-electron chi connectivity index (χ4n) is 1.88. The summed E-state index contributed by atoms with van der Waals surface area (Å²) in [6.45, 7) is 5.04. The molecular weight excluding hydrogens is 230 g/mol. The third-order valence-corrected chi connectivity index (χ3v) is 2.98. The van der Waals surface area contributed by atoms with E-state index in [9.17, 15) is 4.79 Å². The van der Waals surface area contributed by atoms with E-state index < -0.39 is 0 Å². The molecule has 0 saturated heterocycles. The Hall–Kier alpha value is -1.88. The van der Waals surface area contributed by atoms with E-state index in [-0.39, 0.29) is 17.9 Å². The molecule has 0 aliphatic heterocycles. The molecule has 1 aromatic heterocycles. The average Bonchev–Trinajstić information content (AvgIpc) is 2.74.